The monoisotopic (exact) mass is 400 g/mol. The van der Waals surface area contributed by atoms with Gasteiger partial charge in [0.25, 0.3) is 5.91 Å². The Morgan fingerprint density at radius 3 is 2.63 bits per heavy atom. The maximum atomic E-state index is 12.8. The minimum atomic E-state index is -0.0624. The van der Waals surface area contributed by atoms with Gasteiger partial charge in [0.05, 0.1) is 16.7 Å². The van der Waals surface area contributed by atoms with E-state index in [1.165, 1.54) is 11.8 Å². The van der Waals surface area contributed by atoms with Crippen molar-refractivity contribution in [3.05, 3.63) is 64.0 Å². The van der Waals surface area contributed by atoms with Gasteiger partial charge in [-0.3, -0.25) is 9.69 Å². The Bertz CT molecular complexity index is 894. The Labute approximate surface area is 168 Å². The van der Waals surface area contributed by atoms with E-state index in [0.717, 1.165) is 11.3 Å². The number of carbonyl (C=O) groups excluding carboxylic acids is 1. The van der Waals surface area contributed by atoms with Crippen LogP contribution in [0.4, 0.5) is 5.69 Å². The number of likely N-dealkylation sites (N-methyl/N-ethyl adjacent to an activating group) is 1. The molecule has 3 rings (SSSR count). The van der Waals surface area contributed by atoms with Crippen LogP contribution in [0.3, 0.4) is 0 Å². The molecule has 4 nitrogen and oxygen atoms in total. The summed E-state index contributed by atoms with van der Waals surface area (Å²) in [7, 11) is 0. The Balaban J connectivity index is 1.97. The Morgan fingerprint density at radius 2 is 1.96 bits per heavy atom. The van der Waals surface area contributed by atoms with Crippen molar-refractivity contribution in [3.63, 3.8) is 0 Å². The highest BCUT2D eigenvalue weighted by Gasteiger charge is 2.32. The van der Waals surface area contributed by atoms with Gasteiger partial charge in [-0.25, -0.2) is 4.99 Å². The van der Waals surface area contributed by atoms with Crippen molar-refractivity contribution in [2.75, 3.05) is 6.54 Å². The van der Waals surface area contributed by atoms with Crippen LogP contribution in [0, 0.1) is 0 Å². The summed E-state index contributed by atoms with van der Waals surface area (Å²) >= 11 is 7.52. The molecule has 0 N–H and O–H groups in total. The first-order valence-electron chi connectivity index (χ1n) is 8.79. The summed E-state index contributed by atoms with van der Waals surface area (Å²) in [6.07, 6.45) is 1.85. The van der Waals surface area contributed by atoms with Crippen LogP contribution in [0.2, 0.25) is 5.02 Å². The van der Waals surface area contributed by atoms with Gasteiger partial charge < -0.3 is 4.74 Å². The van der Waals surface area contributed by atoms with Crippen molar-refractivity contribution < 1.29 is 9.53 Å². The number of nitrogens with zero attached hydrogens (tertiary/aromatic N) is 2. The fraction of sp³-hybridized carbons (Fsp3) is 0.238. The van der Waals surface area contributed by atoms with Crippen LogP contribution in [0.25, 0.3) is 6.08 Å². The number of amides is 1. The van der Waals surface area contributed by atoms with Crippen LogP contribution >= 0.6 is 23.4 Å². The predicted molar refractivity (Wildman–Crippen MR) is 114 cm³/mol. The SMILES string of the molecule is CCN1C(=O)/C(=C\c2cc(Cl)ccc2OC(C)C)SC1=Nc1ccccc1. The lowest BCUT2D eigenvalue weighted by Gasteiger charge is -2.13. The third-order valence-electron chi connectivity index (χ3n) is 3.81. The van der Waals surface area contributed by atoms with Crippen LogP contribution in [-0.4, -0.2) is 28.6 Å². The van der Waals surface area contributed by atoms with Crippen LogP contribution in [-0.2, 0) is 4.79 Å². The van der Waals surface area contributed by atoms with Gasteiger partial charge in [-0.15, -0.1) is 0 Å². The topological polar surface area (TPSA) is 41.9 Å². The second kappa shape index (κ2) is 8.63. The van der Waals surface area contributed by atoms with Crippen LogP contribution < -0.4 is 4.74 Å². The summed E-state index contributed by atoms with van der Waals surface area (Å²) in [5, 5.41) is 1.27. The van der Waals surface area contributed by atoms with Crippen LogP contribution in [0.1, 0.15) is 26.3 Å². The number of benzene rings is 2. The van der Waals surface area contributed by atoms with Crippen molar-refractivity contribution in [1.29, 1.82) is 0 Å². The molecule has 0 unspecified atom stereocenters. The first-order valence-corrected chi connectivity index (χ1v) is 9.98. The second-order valence-electron chi connectivity index (χ2n) is 6.24. The highest BCUT2D eigenvalue weighted by Crippen LogP contribution is 2.36. The number of hydrogen-bond acceptors (Lipinski definition) is 4. The zero-order valence-electron chi connectivity index (χ0n) is 15.5. The molecule has 140 valence electrons. The van der Waals surface area contributed by atoms with Crippen molar-refractivity contribution in [3.8, 4) is 5.75 Å². The molecule has 2 aromatic rings. The molecule has 1 amide bonds. The molecule has 0 aromatic heterocycles. The largest absolute Gasteiger partial charge is 0.490 e. The highest BCUT2D eigenvalue weighted by atomic mass is 35.5. The Morgan fingerprint density at radius 1 is 1.22 bits per heavy atom. The van der Waals surface area contributed by atoms with E-state index in [1.807, 2.05) is 69.3 Å². The van der Waals surface area contributed by atoms with E-state index in [4.69, 9.17) is 16.3 Å². The Kier molecular flexibility index (Phi) is 6.24. The maximum absolute atomic E-state index is 12.8. The molecule has 6 heteroatoms. The van der Waals surface area contributed by atoms with E-state index in [0.29, 0.717) is 27.4 Å². The van der Waals surface area contributed by atoms with Gasteiger partial charge in [0.15, 0.2) is 5.17 Å². The zero-order chi connectivity index (χ0) is 19.4. The molecule has 0 radical (unpaired) electrons. The van der Waals surface area contributed by atoms with Crippen molar-refractivity contribution in [2.45, 2.75) is 26.9 Å². The summed E-state index contributed by atoms with van der Waals surface area (Å²) in [5.41, 5.74) is 1.60. The molecule has 27 heavy (non-hydrogen) atoms. The summed E-state index contributed by atoms with van der Waals surface area (Å²) in [4.78, 5) is 19.7. The molecule has 0 spiro atoms. The Hall–Kier alpha value is -2.24. The van der Waals surface area contributed by atoms with Gasteiger partial charge in [-0.05, 0) is 68.9 Å². The molecule has 0 saturated carbocycles. The third-order valence-corrected chi connectivity index (χ3v) is 5.05. The van der Waals surface area contributed by atoms with Gasteiger partial charge in [-0.1, -0.05) is 29.8 Å². The molecule has 0 atom stereocenters. The van der Waals surface area contributed by atoms with Crippen LogP contribution in [0.5, 0.6) is 5.75 Å². The fourth-order valence-corrected chi connectivity index (χ4v) is 3.85. The normalized spacial score (nSPS) is 17.4. The van der Waals surface area contributed by atoms with E-state index >= 15 is 0 Å². The summed E-state index contributed by atoms with van der Waals surface area (Å²) < 4.78 is 5.85. The van der Waals surface area contributed by atoms with Crippen molar-refractivity contribution in [1.82, 2.24) is 4.90 Å². The van der Waals surface area contributed by atoms with Gasteiger partial charge in [0.2, 0.25) is 0 Å². The number of para-hydroxylation sites is 1. The molecule has 1 heterocycles. The van der Waals surface area contributed by atoms with E-state index < -0.39 is 0 Å². The average molecular weight is 401 g/mol. The van der Waals surface area contributed by atoms with Crippen LogP contribution in [0.15, 0.2) is 58.4 Å². The number of carbonyl (C=O) groups is 1. The number of amidine groups is 1. The van der Waals surface area contributed by atoms with E-state index in [1.54, 1.807) is 11.0 Å². The number of halogens is 1. The lowest BCUT2D eigenvalue weighted by Crippen LogP contribution is -2.28. The smallest absolute Gasteiger partial charge is 0.266 e. The molecule has 1 fully saturated rings. The third kappa shape index (κ3) is 4.73. The minimum absolute atomic E-state index is 0.0256. The lowest BCUT2D eigenvalue weighted by molar-refractivity contribution is -0.122. The minimum Gasteiger partial charge on any atom is -0.490 e. The predicted octanol–water partition coefficient (Wildman–Crippen LogP) is 5.75. The standard InChI is InChI=1S/C21H21ClN2O2S/c1-4-24-20(25)19(27-21(24)23-17-8-6-5-7-9-17)13-15-12-16(22)10-11-18(15)26-14(2)3/h5-14H,4H2,1-3H3/b19-13+,23-21?. The molecule has 2 aromatic carbocycles. The average Bonchev–Trinajstić information content (AvgIpc) is 2.92. The quantitative estimate of drug-likeness (QED) is 0.600. The van der Waals surface area contributed by atoms with Gasteiger partial charge in [0, 0.05) is 17.1 Å². The van der Waals surface area contributed by atoms with Gasteiger partial charge in [0.1, 0.15) is 5.75 Å². The second-order valence-corrected chi connectivity index (χ2v) is 7.68. The molecule has 1 aliphatic heterocycles. The first kappa shape index (κ1) is 19.5. The fourth-order valence-electron chi connectivity index (χ4n) is 2.62. The van der Waals surface area contributed by atoms with Crippen molar-refractivity contribution in [2.24, 2.45) is 4.99 Å². The summed E-state index contributed by atoms with van der Waals surface area (Å²) in [6, 6.07) is 15.0. The van der Waals surface area contributed by atoms with E-state index in [-0.39, 0.29) is 12.0 Å². The molecular formula is C21H21ClN2O2S. The highest BCUT2D eigenvalue weighted by molar-refractivity contribution is 8.18. The number of ether oxygens (including phenoxy) is 1. The first-order chi connectivity index (χ1) is 13.0. The molecule has 1 aliphatic rings. The summed E-state index contributed by atoms with van der Waals surface area (Å²) in [5.74, 6) is 0.638. The van der Waals surface area contributed by atoms with E-state index in [9.17, 15) is 4.79 Å². The van der Waals surface area contributed by atoms with Gasteiger partial charge in [-0.2, -0.15) is 0 Å². The number of hydrogen-bond donors (Lipinski definition) is 0. The molecule has 0 aliphatic carbocycles. The molecule has 1 saturated heterocycles. The van der Waals surface area contributed by atoms with Gasteiger partial charge >= 0.3 is 0 Å². The molecule has 0 bridgehead atoms. The number of thioether (sulfide) groups is 1. The maximum Gasteiger partial charge on any atom is 0.266 e. The zero-order valence-corrected chi connectivity index (χ0v) is 17.1. The number of rotatable bonds is 5. The van der Waals surface area contributed by atoms with E-state index in [2.05, 4.69) is 4.99 Å². The number of aliphatic imine (C=N–C) groups is 1. The lowest BCUT2D eigenvalue weighted by atomic mass is 10.1. The molecular weight excluding hydrogens is 380 g/mol. The summed E-state index contributed by atoms with van der Waals surface area (Å²) in [6.45, 7) is 6.42. The van der Waals surface area contributed by atoms with Crippen molar-refractivity contribution >= 4 is 46.2 Å².